The summed E-state index contributed by atoms with van der Waals surface area (Å²) >= 11 is 9.96. The predicted octanol–water partition coefficient (Wildman–Crippen LogP) is 2.98. The van der Waals surface area contributed by atoms with Crippen LogP contribution < -0.4 is 5.32 Å². The van der Waals surface area contributed by atoms with Crippen LogP contribution in [0.4, 0.5) is 0 Å². The number of phenolic OH excluding ortho intramolecular Hbond substituents is 1. The average Bonchev–Trinajstić information content (AvgIpc) is 2.35. The summed E-state index contributed by atoms with van der Waals surface area (Å²) in [4.78, 5) is 0. The van der Waals surface area contributed by atoms with Crippen LogP contribution in [0.2, 0.25) is 5.02 Å². The molecular formula is C12H16ClNOS2. The Morgan fingerprint density at radius 1 is 1.41 bits per heavy atom. The van der Waals surface area contributed by atoms with Gasteiger partial charge in [0.1, 0.15) is 5.75 Å². The van der Waals surface area contributed by atoms with Crippen LogP contribution in [0.25, 0.3) is 0 Å². The quantitative estimate of drug-likeness (QED) is 0.893. The van der Waals surface area contributed by atoms with E-state index in [1.54, 1.807) is 12.1 Å². The van der Waals surface area contributed by atoms with Gasteiger partial charge in [0.25, 0.3) is 0 Å². The van der Waals surface area contributed by atoms with Crippen LogP contribution in [-0.4, -0.2) is 34.2 Å². The molecule has 17 heavy (non-hydrogen) atoms. The van der Waals surface area contributed by atoms with E-state index in [2.05, 4.69) is 5.32 Å². The lowest BCUT2D eigenvalue weighted by molar-refractivity contribution is 0.464. The highest BCUT2D eigenvalue weighted by Crippen LogP contribution is 2.24. The average molecular weight is 290 g/mol. The van der Waals surface area contributed by atoms with Gasteiger partial charge in [-0.2, -0.15) is 23.5 Å². The summed E-state index contributed by atoms with van der Waals surface area (Å²) in [7, 11) is 0. The van der Waals surface area contributed by atoms with E-state index in [0.717, 1.165) is 12.1 Å². The summed E-state index contributed by atoms with van der Waals surface area (Å²) in [6.07, 6.45) is 0. The Kier molecular flexibility index (Phi) is 5.35. The molecule has 0 aromatic heterocycles. The van der Waals surface area contributed by atoms with Crippen molar-refractivity contribution in [3.63, 3.8) is 0 Å². The van der Waals surface area contributed by atoms with Crippen molar-refractivity contribution in [2.24, 2.45) is 0 Å². The van der Waals surface area contributed by atoms with Gasteiger partial charge in [-0.3, -0.25) is 0 Å². The Bertz CT molecular complexity index is 370. The van der Waals surface area contributed by atoms with Crippen LogP contribution in [0.1, 0.15) is 5.56 Å². The first-order chi connectivity index (χ1) is 8.25. The first-order valence-electron chi connectivity index (χ1n) is 5.63. The molecule has 1 saturated heterocycles. The Morgan fingerprint density at radius 3 is 3.06 bits per heavy atom. The van der Waals surface area contributed by atoms with Crippen molar-refractivity contribution in [2.75, 3.05) is 23.8 Å². The third-order valence-corrected chi connectivity index (χ3v) is 5.69. The second kappa shape index (κ2) is 6.78. The Balaban J connectivity index is 1.79. The fraction of sp³-hybridized carbons (Fsp3) is 0.500. The van der Waals surface area contributed by atoms with Crippen molar-refractivity contribution in [3.8, 4) is 5.75 Å². The number of hydrogen-bond acceptors (Lipinski definition) is 4. The normalized spacial score (nSPS) is 20.4. The van der Waals surface area contributed by atoms with Gasteiger partial charge in [-0.05, 0) is 18.2 Å². The minimum Gasteiger partial charge on any atom is -0.508 e. The van der Waals surface area contributed by atoms with Gasteiger partial charge in [0, 0.05) is 46.2 Å². The molecule has 0 saturated carbocycles. The van der Waals surface area contributed by atoms with Crippen LogP contribution >= 0.6 is 35.1 Å². The SMILES string of the molecule is Oc1ccc(Cl)cc1CNCC1CSCCS1. The molecule has 1 atom stereocenters. The number of halogens is 1. The van der Waals surface area contributed by atoms with Gasteiger partial charge < -0.3 is 10.4 Å². The fourth-order valence-electron chi connectivity index (χ4n) is 1.72. The van der Waals surface area contributed by atoms with Crippen LogP contribution in [-0.2, 0) is 6.54 Å². The molecule has 5 heteroatoms. The summed E-state index contributed by atoms with van der Waals surface area (Å²) in [5, 5.41) is 14.4. The standard InChI is InChI=1S/C12H16ClNOS2/c13-10-1-2-12(15)9(5-10)6-14-7-11-8-16-3-4-17-11/h1-2,5,11,14-15H,3-4,6-8H2. The Hall–Kier alpha value is -0.0300. The topological polar surface area (TPSA) is 32.3 Å². The van der Waals surface area contributed by atoms with Crippen LogP contribution in [0.15, 0.2) is 18.2 Å². The first kappa shape index (κ1) is 13.4. The smallest absolute Gasteiger partial charge is 0.120 e. The summed E-state index contributed by atoms with van der Waals surface area (Å²) in [5.41, 5.74) is 0.867. The van der Waals surface area contributed by atoms with Crippen LogP contribution in [0.5, 0.6) is 5.75 Å². The van der Waals surface area contributed by atoms with Gasteiger partial charge in [0.2, 0.25) is 0 Å². The zero-order valence-electron chi connectivity index (χ0n) is 9.49. The minimum absolute atomic E-state index is 0.313. The molecule has 1 aromatic rings. The second-order valence-corrected chi connectivity index (χ2v) is 6.97. The van der Waals surface area contributed by atoms with E-state index in [9.17, 15) is 5.11 Å². The summed E-state index contributed by atoms with van der Waals surface area (Å²) < 4.78 is 0. The molecule has 1 heterocycles. The first-order valence-corrected chi connectivity index (χ1v) is 8.21. The van der Waals surface area contributed by atoms with Gasteiger partial charge in [-0.15, -0.1) is 0 Å². The summed E-state index contributed by atoms with van der Waals surface area (Å²) in [6.45, 7) is 1.66. The zero-order valence-corrected chi connectivity index (χ0v) is 11.9. The van der Waals surface area contributed by atoms with E-state index >= 15 is 0 Å². The van der Waals surface area contributed by atoms with E-state index in [1.165, 1.54) is 17.3 Å². The molecule has 0 amide bonds. The molecule has 0 radical (unpaired) electrons. The molecule has 1 fully saturated rings. The van der Waals surface area contributed by atoms with E-state index in [-0.39, 0.29) is 0 Å². The van der Waals surface area contributed by atoms with E-state index in [1.807, 2.05) is 29.6 Å². The molecule has 1 aliphatic rings. The van der Waals surface area contributed by atoms with Crippen molar-refractivity contribution in [3.05, 3.63) is 28.8 Å². The maximum Gasteiger partial charge on any atom is 0.120 e. The van der Waals surface area contributed by atoms with Gasteiger partial charge >= 0.3 is 0 Å². The van der Waals surface area contributed by atoms with Gasteiger partial charge in [0.15, 0.2) is 0 Å². The maximum absolute atomic E-state index is 9.66. The number of phenols is 1. The highest BCUT2D eigenvalue weighted by molar-refractivity contribution is 8.06. The van der Waals surface area contributed by atoms with Crippen molar-refractivity contribution in [2.45, 2.75) is 11.8 Å². The lowest BCUT2D eigenvalue weighted by Crippen LogP contribution is -2.28. The minimum atomic E-state index is 0.313. The second-order valence-electron chi connectivity index (χ2n) is 3.97. The third-order valence-electron chi connectivity index (χ3n) is 2.61. The van der Waals surface area contributed by atoms with Crippen molar-refractivity contribution < 1.29 is 5.11 Å². The van der Waals surface area contributed by atoms with E-state index in [4.69, 9.17) is 11.6 Å². The van der Waals surface area contributed by atoms with Gasteiger partial charge in [-0.1, -0.05) is 11.6 Å². The van der Waals surface area contributed by atoms with Crippen LogP contribution in [0, 0.1) is 0 Å². The highest BCUT2D eigenvalue weighted by atomic mass is 35.5. The number of aromatic hydroxyl groups is 1. The number of hydrogen-bond donors (Lipinski definition) is 2. The van der Waals surface area contributed by atoms with E-state index < -0.39 is 0 Å². The molecule has 0 bridgehead atoms. The van der Waals surface area contributed by atoms with Crippen molar-refractivity contribution in [1.82, 2.24) is 5.32 Å². The lowest BCUT2D eigenvalue weighted by Gasteiger charge is -2.21. The molecule has 1 aliphatic heterocycles. The van der Waals surface area contributed by atoms with Gasteiger partial charge in [-0.25, -0.2) is 0 Å². The predicted molar refractivity (Wildman–Crippen MR) is 78.4 cm³/mol. The highest BCUT2D eigenvalue weighted by Gasteiger charge is 2.13. The third kappa shape index (κ3) is 4.28. The molecule has 2 nitrogen and oxygen atoms in total. The number of thioether (sulfide) groups is 2. The monoisotopic (exact) mass is 289 g/mol. The fourth-order valence-corrected chi connectivity index (χ4v) is 4.56. The van der Waals surface area contributed by atoms with Crippen molar-refractivity contribution >= 4 is 35.1 Å². The van der Waals surface area contributed by atoms with Gasteiger partial charge in [0.05, 0.1) is 0 Å². The van der Waals surface area contributed by atoms with Crippen LogP contribution in [0.3, 0.4) is 0 Å². The molecule has 94 valence electrons. The lowest BCUT2D eigenvalue weighted by atomic mass is 10.2. The molecule has 0 spiro atoms. The number of rotatable bonds is 4. The molecule has 1 aromatic carbocycles. The zero-order chi connectivity index (χ0) is 12.1. The van der Waals surface area contributed by atoms with E-state index in [0.29, 0.717) is 22.6 Å². The number of nitrogens with one attached hydrogen (secondary N) is 1. The maximum atomic E-state index is 9.66. The molecule has 0 aliphatic carbocycles. The Labute approximate surface area is 116 Å². The number of benzene rings is 1. The van der Waals surface area contributed by atoms with Crippen molar-refractivity contribution in [1.29, 1.82) is 0 Å². The molecule has 1 unspecified atom stereocenters. The Morgan fingerprint density at radius 2 is 2.29 bits per heavy atom. The summed E-state index contributed by atoms with van der Waals surface area (Å²) in [5.74, 6) is 4.06. The summed E-state index contributed by atoms with van der Waals surface area (Å²) in [6, 6.07) is 5.16. The molecular weight excluding hydrogens is 274 g/mol. The molecule has 2 N–H and O–H groups in total. The molecule has 2 rings (SSSR count). The largest absolute Gasteiger partial charge is 0.508 e.